The number of aryl methyl sites for hydroxylation is 3. The van der Waals surface area contributed by atoms with Gasteiger partial charge in [0.15, 0.2) is 0 Å². The zero-order valence-electron chi connectivity index (χ0n) is 8.59. The van der Waals surface area contributed by atoms with Crippen molar-refractivity contribution in [1.82, 2.24) is 15.2 Å². The van der Waals surface area contributed by atoms with Gasteiger partial charge in [-0.05, 0) is 26.3 Å². The molecule has 0 aromatic carbocycles. The number of hydrogen-bond donors (Lipinski definition) is 1. The van der Waals surface area contributed by atoms with E-state index in [1.807, 2.05) is 13.8 Å². The van der Waals surface area contributed by atoms with Gasteiger partial charge in [-0.1, -0.05) is 6.92 Å². The molecule has 2 aromatic rings. The molecule has 0 unspecified atom stereocenters. The summed E-state index contributed by atoms with van der Waals surface area (Å²) in [4.78, 5) is 5.57. The van der Waals surface area contributed by atoms with Gasteiger partial charge in [0, 0.05) is 5.69 Å². The lowest BCUT2D eigenvalue weighted by atomic mass is 10.2. The first-order chi connectivity index (χ1) is 6.70. The summed E-state index contributed by atoms with van der Waals surface area (Å²) in [5.41, 5.74) is 3.26. The van der Waals surface area contributed by atoms with E-state index in [9.17, 15) is 0 Å². The van der Waals surface area contributed by atoms with Crippen LogP contribution in [0.5, 0.6) is 0 Å². The molecule has 1 N–H and O–H groups in total. The maximum atomic E-state index is 4.39. The van der Waals surface area contributed by atoms with Crippen LogP contribution in [0.3, 0.4) is 0 Å². The molecule has 0 saturated carbocycles. The number of H-pyrrole nitrogens is 1. The van der Waals surface area contributed by atoms with Crippen LogP contribution in [0.25, 0.3) is 10.6 Å². The Morgan fingerprint density at radius 3 is 2.71 bits per heavy atom. The second kappa shape index (κ2) is 3.53. The lowest BCUT2D eigenvalue weighted by Crippen LogP contribution is -1.77. The first kappa shape index (κ1) is 9.40. The smallest absolute Gasteiger partial charge is 0.104 e. The van der Waals surface area contributed by atoms with Crippen LogP contribution in [-0.2, 0) is 6.42 Å². The maximum absolute atomic E-state index is 4.39. The fourth-order valence-electron chi connectivity index (χ4n) is 1.43. The van der Waals surface area contributed by atoms with Gasteiger partial charge < -0.3 is 0 Å². The summed E-state index contributed by atoms with van der Waals surface area (Å²) >= 11 is 1.70. The highest BCUT2D eigenvalue weighted by atomic mass is 32.1. The number of aromatic nitrogens is 3. The zero-order valence-corrected chi connectivity index (χ0v) is 9.40. The molecule has 0 atom stereocenters. The monoisotopic (exact) mass is 207 g/mol. The van der Waals surface area contributed by atoms with E-state index >= 15 is 0 Å². The van der Waals surface area contributed by atoms with Crippen LogP contribution < -0.4 is 0 Å². The predicted molar refractivity (Wildman–Crippen MR) is 58.5 cm³/mol. The van der Waals surface area contributed by atoms with Crippen molar-refractivity contribution in [3.8, 4) is 10.6 Å². The Morgan fingerprint density at radius 1 is 1.43 bits per heavy atom. The minimum Gasteiger partial charge on any atom is -0.282 e. The second-order valence-corrected chi connectivity index (χ2v) is 4.48. The molecule has 0 aliphatic heterocycles. The molecule has 0 radical (unpaired) electrons. The van der Waals surface area contributed by atoms with Gasteiger partial charge in [-0.15, -0.1) is 11.3 Å². The molecular weight excluding hydrogens is 194 g/mol. The lowest BCUT2D eigenvalue weighted by molar-refractivity contribution is 0.976. The standard InChI is InChI=1S/C10H13N3S/c1-4-8-5-9(13-12-8)10-6(2)11-7(3)14-10/h5H,4H2,1-3H3,(H,12,13). The average molecular weight is 207 g/mol. The Kier molecular flexibility index (Phi) is 2.37. The number of thiazole rings is 1. The van der Waals surface area contributed by atoms with Crippen molar-refractivity contribution in [3.63, 3.8) is 0 Å². The second-order valence-electron chi connectivity index (χ2n) is 3.28. The average Bonchev–Trinajstić information content (AvgIpc) is 2.71. The lowest BCUT2D eigenvalue weighted by Gasteiger charge is -1.89. The molecule has 0 spiro atoms. The minimum absolute atomic E-state index is 0.990. The van der Waals surface area contributed by atoms with Gasteiger partial charge in [-0.2, -0.15) is 5.10 Å². The van der Waals surface area contributed by atoms with Crippen molar-refractivity contribution in [2.24, 2.45) is 0 Å². The summed E-state index contributed by atoms with van der Waals surface area (Å²) < 4.78 is 0. The van der Waals surface area contributed by atoms with Crippen molar-refractivity contribution in [2.75, 3.05) is 0 Å². The fraction of sp³-hybridized carbons (Fsp3) is 0.400. The highest BCUT2D eigenvalue weighted by molar-refractivity contribution is 7.15. The highest BCUT2D eigenvalue weighted by Crippen LogP contribution is 2.28. The van der Waals surface area contributed by atoms with Gasteiger partial charge in [0.1, 0.15) is 5.69 Å². The van der Waals surface area contributed by atoms with Gasteiger partial charge >= 0.3 is 0 Å². The third-order valence-corrected chi connectivity index (χ3v) is 3.24. The molecule has 4 heteroatoms. The number of hydrogen-bond acceptors (Lipinski definition) is 3. The summed E-state index contributed by atoms with van der Waals surface area (Å²) in [5, 5.41) is 8.39. The fourth-order valence-corrected chi connectivity index (χ4v) is 2.31. The number of nitrogens with one attached hydrogen (secondary N) is 1. The Balaban J connectivity index is 2.43. The molecule has 0 amide bonds. The van der Waals surface area contributed by atoms with E-state index in [0.29, 0.717) is 0 Å². The predicted octanol–water partition coefficient (Wildman–Crippen LogP) is 2.71. The van der Waals surface area contributed by atoms with Gasteiger partial charge in [0.2, 0.25) is 0 Å². The molecule has 2 heterocycles. The van der Waals surface area contributed by atoms with E-state index in [1.54, 1.807) is 11.3 Å². The molecule has 14 heavy (non-hydrogen) atoms. The van der Waals surface area contributed by atoms with E-state index in [1.165, 1.54) is 10.6 Å². The summed E-state index contributed by atoms with van der Waals surface area (Å²) in [6, 6.07) is 2.10. The topological polar surface area (TPSA) is 41.6 Å². The molecule has 0 aliphatic carbocycles. The molecule has 74 valence electrons. The number of rotatable bonds is 2. The third kappa shape index (κ3) is 1.57. The van der Waals surface area contributed by atoms with Gasteiger partial charge in [0.25, 0.3) is 0 Å². The SMILES string of the molecule is CCc1cc(-c2sc(C)nc2C)n[nH]1. The van der Waals surface area contributed by atoms with Gasteiger partial charge in [-0.25, -0.2) is 4.98 Å². The molecule has 0 aliphatic rings. The largest absolute Gasteiger partial charge is 0.282 e. The normalized spacial score (nSPS) is 10.8. The zero-order chi connectivity index (χ0) is 10.1. The van der Waals surface area contributed by atoms with E-state index in [4.69, 9.17) is 0 Å². The maximum Gasteiger partial charge on any atom is 0.104 e. The third-order valence-electron chi connectivity index (χ3n) is 2.15. The molecule has 2 rings (SSSR count). The quantitative estimate of drug-likeness (QED) is 0.822. The number of aromatic amines is 1. The van der Waals surface area contributed by atoms with Gasteiger partial charge in [0.05, 0.1) is 15.6 Å². The Bertz CT molecular complexity index is 442. The van der Waals surface area contributed by atoms with E-state index < -0.39 is 0 Å². The summed E-state index contributed by atoms with van der Waals surface area (Å²) in [6.45, 7) is 6.16. The van der Waals surface area contributed by atoms with Crippen LogP contribution in [0.1, 0.15) is 23.3 Å². The van der Waals surface area contributed by atoms with Gasteiger partial charge in [-0.3, -0.25) is 5.10 Å². The molecule has 0 fully saturated rings. The van der Waals surface area contributed by atoms with Crippen LogP contribution in [0.2, 0.25) is 0 Å². The molecule has 0 saturated heterocycles. The Labute approximate surface area is 87.2 Å². The molecular formula is C10H13N3S. The van der Waals surface area contributed by atoms with Crippen molar-refractivity contribution in [1.29, 1.82) is 0 Å². The van der Waals surface area contributed by atoms with Crippen molar-refractivity contribution in [2.45, 2.75) is 27.2 Å². The van der Waals surface area contributed by atoms with Crippen molar-refractivity contribution < 1.29 is 0 Å². The van der Waals surface area contributed by atoms with Crippen molar-refractivity contribution >= 4 is 11.3 Å². The molecule has 0 bridgehead atoms. The molecule has 2 aromatic heterocycles. The van der Waals surface area contributed by atoms with Crippen molar-refractivity contribution in [3.05, 3.63) is 22.5 Å². The van der Waals surface area contributed by atoms with Crippen LogP contribution >= 0.6 is 11.3 Å². The van der Waals surface area contributed by atoms with Crippen LogP contribution in [0.4, 0.5) is 0 Å². The Hall–Kier alpha value is -1.16. The number of nitrogens with zero attached hydrogens (tertiary/aromatic N) is 2. The van der Waals surface area contributed by atoms with E-state index in [-0.39, 0.29) is 0 Å². The Morgan fingerprint density at radius 2 is 2.21 bits per heavy atom. The van der Waals surface area contributed by atoms with E-state index in [0.717, 1.165) is 22.8 Å². The first-order valence-corrected chi connectivity index (χ1v) is 5.51. The first-order valence-electron chi connectivity index (χ1n) is 4.69. The summed E-state index contributed by atoms with van der Waals surface area (Å²) in [6.07, 6.45) is 0.990. The van der Waals surface area contributed by atoms with Crippen LogP contribution in [-0.4, -0.2) is 15.2 Å². The molecule has 3 nitrogen and oxygen atoms in total. The summed E-state index contributed by atoms with van der Waals surface area (Å²) in [5.74, 6) is 0. The van der Waals surface area contributed by atoms with E-state index in [2.05, 4.69) is 28.2 Å². The van der Waals surface area contributed by atoms with Crippen LogP contribution in [0, 0.1) is 13.8 Å². The minimum atomic E-state index is 0.990. The highest BCUT2D eigenvalue weighted by Gasteiger charge is 2.10. The van der Waals surface area contributed by atoms with Crippen LogP contribution in [0.15, 0.2) is 6.07 Å². The summed E-state index contributed by atoms with van der Waals surface area (Å²) in [7, 11) is 0.